The smallest absolute Gasteiger partial charge is 0.272 e. The molecule has 2 aromatic rings. The normalized spacial score (nSPS) is 16.1. The van der Waals surface area contributed by atoms with Crippen LogP contribution in [-0.2, 0) is 6.54 Å². The summed E-state index contributed by atoms with van der Waals surface area (Å²) in [6, 6.07) is 9.26. The van der Waals surface area contributed by atoms with Gasteiger partial charge in [-0.2, -0.15) is 5.10 Å². The molecule has 0 atom stereocenters. The van der Waals surface area contributed by atoms with Gasteiger partial charge in [0.15, 0.2) is 0 Å². The average molecular weight is 363 g/mol. The van der Waals surface area contributed by atoms with Gasteiger partial charge in [0.1, 0.15) is 5.69 Å². The molecule has 0 spiro atoms. The van der Waals surface area contributed by atoms with Crippen molar-refractivity contribution < 1.29 is 9.90 Å². The van der Waals surface area contributed by atoms with Crippen molar-refractivity contribution in [3.8, 4) is 0 Å². The Morgan fingerprint density at radius 2 is 2.08 bits per heavy atom. The van der Waals surface area contributed by atoms with E-state index < -0.39 is 0 Å². The molecule has 2 N–H and O–H groups in total. The van der Waals surface area contributed by atoms with Gasteiger partial charge in [-0.15, -0.1) is 0 Å². The minimum atomic E-state index is -0.192. The number of nitrogens with zero attached hydrogens (tertiary/aromatic N) is 3. The first-order chi connectivity index (χ1) is 12.1. The number of carbonyl (C=O) groups is 1. The summed E-state index contributed by atoms with van der Waals surface area (Å²) in [5, 5.41) is 16.9. The summed E-state index contributed by atoms with van der Waals surface area (Å²) >= 11 is 6.27. The fourth-order valence-corrected chi connectivity index (χ4v) is 3.23. The van der Waals surface area contributed by atoms with Gasteiger partial charge in [-0.25, -0.2) is 0 Å². The van der Waals surface area contributed by atoms with Gasteiger partial charge in [-0.3, -0.25) is 9.89 Å². The number of halogens is 1. The van der Waals surface area contributed by atoms with E-state index in [4.69, 9.17) is 11.6 Å². The molecule has 1 aromatic heterocycles. The number of aromatic nitrogens is 2. The van der Waals surface area contributed by atoms with E-state index in [0.29, 0.717) is 23.8 Å². The number of nitrogens with one attached hydrogen (secondary N) is 1. The molecule has 0 bridgehead atoms. The number of rotatable bonds is 6. The van der Waals surface area contributed by atoms with Crippen molar-refractivity contribution in [1.29, 1.82) is 0 Å². The Bertz CT molecular complexity index is 684. The highest BCUT2D eigenvalue weighted by molar-refractivity contribution is 6.31. The fourth-order valence-electron chi connectivity index (χ4n) is 3.04. The van der Waals surface area contributed by atoms with E-state index in [-0.39, 0.29) is 12.0 Å². The lowest BCUT2D eigenvalue weighted by Crippen LogP contribution is -2.42. The fraction of sp³-hybridized carbons (Fsp3) is 0.444. The molecular formula is C18H23ClN4O2. The summed E-state index contributed by atoms with van der Waals surface area (Å²) in [7, 11) is 0. The molecule has 0 saturated carbocycles. The van der Waals surface area contributed by atoms with Crippen molar-refractivity contribution in [2.75, 3.05) is 26.2 Å². The third-order valence-corrected chi connectivity index (χ3v) is 4.95. The van der Waals surface area contributed by atoms with Crippen LogP contribution in [0.4, 0.5) is 0 Å². The van der Waals surface area contributed by atoms with Crippen LogP contribution in [0.5, 0.6) is 0 Å². The maximum absolute atomic E-state index is 12.8. The molecule has 0 radical (unpaired) electrons. The second kappa shape index (κ2) is 8.47. The summed E-state index contributed by atoms with van der Waals surface area (Å²) in [6.07, 6.45) is 2.97. The molecule has 1 aliphatic rings. The average Bonchev–Trinajstić information content (AvgIpc) is 3.15. The Balaban J connectivity index is 1.68. The molecule has 25 heavy (non-hydrogen) atoms. The summed E-state index contributed by atoms with van der Waals surface area (Å²) in [6.45, 7) is 3.54. The van der Waals surface area contributed by atoms with E-state index in [0.717, 1.165) is 38.0 Å². The largest absolute Gasteiger partial charge is 0.393 e. The lowest BCUT2D eigenvalue weighted by Gasteiger charge is -2.32. The lowest BCUT2D eigenvalue weighted by atomic mass is 10.1. The summed E-state index contributed by atoms with van der Waals surface area (Å²) in [4.78, 5) is 16.9. The van der Waals surface area contributed by atoms with Crippen LogP contribution in [0.25, 0.3) is 0 Å². The second-order valence-electron chi connectivity index (χ2n) is 6.36. The highest BCUT2D eigenvalue weighted by atomic mass is 35.5. The molecule has 1 saturated heterocycles. The first-order valence-electron chi connectivity index (χ1n) is 8.56. The zero-order chi connectivity index (χ0) is 17.6. The Hall–Kier alpha value is -1.89. The molecule has 1 fully saturated rings. The van der Waals surface area contributed by atoms with Gasteiger partial charge in [-0.05, 0) is 30.5 Å². The molecule has 1 aromatic carbocycles. The number of piperidine rings is 1. The van der Waals surface area contributed by atoms with Gasteiger partial charge in [0.05, 0.1) is 6.10 Å². The van der Waals surface area contributed by atoms with E-state index >= 15 is 0 Å². The molecule has 1 aliphatic heterocycles. The van der Waals surface area contributed by atoms with Crippen LogP contribution in [0.3, 0.4) is 0 Å². The molecule has 2 heterocycles. The van der Waals surface area contributed by atoms with Crippen LogP contribution in [0, 0.1) is 0 Å². The molecule has 3 rings (SSSR count). The number of H-pyrrole nitrogens is 1. The van der Waals surface area contributed by atoms with Crippen LogP contribution < -0.4 is 0 Å². The molecule has 7 heteroatoms. The summed E-state index contributed by atoms with van der Waals surface area (Å²) in [5.41, 5.74) is 1.40. The predicted molar refractivity (Wildman–Crippen MR) is 96.5 cm³/mol. The number of aromatic amines is 1. The molecule has 1 amide bonds. The third-order valence-electron chi connectivity index (χ3n) is 4.58. The minimum Gasteiger partial charge on any atom is -0.393 e. The minimum absolute atomic E-state index is 0.0885. The van der Waals surface area contributed by atoms with Crippen LogP contribution in [-0.4, -0.2) is 63.3 Å². The first kappa shape index (κ1) is 17.9. The molecule has 6 nitrogen and oxygen atoms in total. The first-order valence-corrected chi connectivity index (χ1v) is 8.94. The predicted octanol–water partition coefficient (Wildman–Crippen LogP) is 2.16. The zero-order valence-corrected chi connectivity index (χ0v) is 14.8. The standard InChI is InChI=1S/C18H23ClN4O2/c19-16-4-2-1-3-14(16)13-23(18(25)17-5-8-20-21-17)12-11-22-9-6-15(24)7-10-22/h1-5,8,15,24H,6-7,9-13H2,(H,20,21). The summed E-state index contributed by atoms with van der Waals surface area (Å²) < 4.78 is 0. The van der Waals surface area contributed by atoms with Crippen molar-refractivity contribution in [3.05, 3.63) is 52.8 Å². The van der Waals surface area contributed by atoms with E-state index in [1.54, 1.807) is 17.2 Å². The van der Waals surface area contributed by atoms with E-state index in [1.807, 2.05) is 24.3 Å². The monoisotopic (exact) mass is 362 g/mol. The number of carbonyl (C=O) groups excluding carboxylic acids is 1. The van der Waals surface area contributed by atoms with Gasteiger partial charge in [0, 0.05) is 43.9 Å². The van der Waals surface area contributed by atoms with Crippen molar-refractivity contribution in [1.82, 2.24) is 20.0 Å². The highest BCUT2D eigenvalue weighted by Crippen LogP contribution is 2.18. The number of aliphatic hydroxyl groups excluding tert-OH is 1. The van der Waals surface area contributed by atoms with Gasteiger partial charge < -0.3 is 14.9 Å². The van der Waals surface area contributed by atoms with Crippen LogP contribution in [0.15, 0.2) is 36.5 Å². The Morgan fingerprint density at radius 1 is 1.32 bits per heavy atom. The maximum Gasteiger partial charge on any atom is 0.272 e. The number of hydrogen-bond donors (Lipinski definition) is 2. The van der Waals surface area contributed by atoms with E-state index in [2.05, 4.69) is 15.1 Å². The quantitative estimate of drug-likeness (QED) is 0.826. The number of likely N-dealkylation sites (tertiary alicyclic amines) is 1. The van der Waals surface area contributed by atoms with Crippen molar-refractivity contribution in [2.24, 2.45) is 0 Å². The molecule has 0 unspecified atom stereocenters. The van der Waals surface area contributed by atoms with Crippen molar-refractivity contribution in [3.63, 3.8) is 0 Å². The molecule has 0 aliphatic carbocycles. The third kappa shape index (κ3) is 4.81. The van der Waals surface area contributed by atoms with Crippen LogP contribution in [0.1, 0.15) is 28.9 Å². The topological polar surface area (TPSA) is 72.5 Å². The number of aliphatic hydroxyl groups is 1. The van der Waals surface area contributed by atoms with Crippen molar-refractivity contribution in [2.45, 2.75) is 25.5 Å². The molecular weight excluding hydrogens is 340 g/mol. The second-order valence-corrected chi connectivity index (χ2v) is 6.77. The Morgan fingerprint density at radius 3 is 2.76 bits per heavy atom. The zero-order valence-electron chi connectivity index (χ0n) is 14.1. The summed E-state index contributed by atoms with van der Waals surface area (Å²) in [5.74, 6) is -0.0885. The Kier molecular flexibility index (Phi) is 6.07. The van der Waals surface area contributed by atoms with Crippen LogP contribution in [0.2, 0.25) is 5.02 Å². The van der Waals surface area contributed by atoms with E-state index in [9.17, 15) is 9.90 Å². The van der Waals surface area contributed by atoms with Gasteiger partial charge in [-0.1, -0.05) is 29.8 Å². The van der Waals surface area contributed by atoms with Gasteiger partial charge in [0.2, 0.25) is 0 Å². The van der Waals surface area contributed by atoms with E-state index in [1.165, 1.54) is 0 Å². The number of hydrogen-bond acceptors (Lipinski definition) is 4. The van der Waals surface area contributed by atoms with Crippen LogP contribution >= 0.6 is 11.6 Å². The van der Waals surface area contributed by atoms with Crippen molar-refractivity contribution >= 4 is 17.5 Å². The van der Waals surface area contributed by atoms with Gasteiger partial charge in [0.25, 0.3) is 5.91 Å². The SMILES string of the molecule is O=C(c1ccn[nH]1)N(CCN1CCC(O)CC1)Cc1ccccc1Cl. The number of benzene rings is 1. The number of amides is 1. The maximum atomic E-state index is 12.8. The lowest BCUT2D eigenvalue weighted by molar-refractivity contribution is 0.0623. The van der Waals surface area contributed by atoms with Gasteiger partial charge >= 0.3 is 0 Å². The Labute approximate surface area is 152 Å². The molecule has 134 valence electrons. The highest BCUT2D eigenvalue weighted by Gasteiger charge is 2.21.